The summed E-state index contributed by atoms with van der Waals surface area (Å²) in [6.45, 7) is 1.77. The van der Waals surface area contributed by atoms with E-state index in [0.29, 0.717) is 17.8 Å². The summed E-state index contributed by atoms with van der Waals surface area (Å²) in [6, 6.07) is -3.36. The van der Waals surface area contributed by atoms with Crippen LogP contribution in [-0.4, -0.2) is 135 Å². The van der Waals surface area contributed by atoms with Crippen molar-refractivity contribution >= 4 is 29.7 Å². The maximum absolute atomic E-state index is 13.0. The molecular weight excluding hydrogens is 660 g/mol. The highest BCUT2D eigenvalue weighted by atomic mass is 16.6. The van der Waals surface area contributed by atoms with Crippen molar-refractivity contribution in [1.29, 1.82) is 5.41 Å². The van der Waals surface area contributed by atoms with Gasteiger partial charge in [0.25, 0.3) is 0 Å². The summed E-state index contributed by atoms with van der Waals surface area (Å²) in [7, 11) is 1.38. The minimum atomic E-state index is -2.27. The van der Waals surface area contributed by atoms with Crippen LogP contribution in [0.1, 0.15) is 58.8 Å². The number of hydrogen-bond donors (Lipinski definition) is 11. The first kappa shape index (κ1) is 37.7. The molecule has 4 aliphatic carbocycles. The molecule has 0 spiro atoms. The molecule has 18 heteroatoms. The zero-order valence-electron chi connectivity index (χ0n) is 28.4. The van der Waals surface area contributed by atoms with E-state index in [4.69, 9.17) is 19.6 Å². The number of ether oxygens (including phenoxy) is 3. The van der Waals surface area contributed by atoms with Crippen LogP contribution in [0.2, 0.25) is 0 Å². The summed E-state index contributed by atoms with van der Waals surface area (Å²) in [5, 5.41) is 73.6. The maximum Gasteiger partial charge on any atom is 0.370 e. The Morgan fingerprint density at radius 1 is 0.960 bits per heavy atom. The number of methoxy groups -OCH3 is 1. The monoisotopic (exact) mass is 710 g/mol. The predicted octanol–water partition coefficient (Wildman–Crippen LogP) is -2.30. The number of carbonyl (C=O) groups excluding carboxylic acids is 2. The Bertz CT molecular complexity index is 1330. The summed E-state index contributed by atoms with van der Waals surface area (Å²) in [6.07, 6.45) is 0.310. The molecule has 9 atom stereocenters. The maximum atomic E-state index is 13.0. The van der Waals surface area contributed by atoms with Gasteiger partial charge in [-0.1, -0.05) is 0 Å². The number of rotatable bonds is 13. The van der Waals surface area contributed by atoms with E-state index < -0.39 is 90.5 Å². The second kappa shape index (κ2) is 15.0. The number of carboxylic acid groups (broad SMARTS) is 2. The Balaban J connectivity index is 1.39. The summed E-state index contributed by atoms with van der Waals surface area (Å²) in [5.41, 5.74) is -2.39. The third-order valence-electron chi connectivity index (χ3n) is 10.8. The quantitative estimate of drug-likeness (QED) is 0.0708. The van der Waals surface area contributed by atoms with Crippen LogP contribution in [0.15, 0.2) is 11.8 Å². The van der Waals surface area contributed by atoms with Crippen LogP contribution in [0.3, 0.4) is 0 Å². The van der Waals surface area contributed by atoms with Crippen molar-refractivity contribution in [2.24, 2.45) is 17.8 Å². The smallest absolute Gasteiger partial charge is 0.370 e. The van der Waals surface area contributed by atoms with E-state index in [2.05, 4.69) is 26.6 Å². The van der Waals surface area contributed by atoms with Gasteiger partial charge in [-0.2, -0.15) is 0 Å². The highest BCUT2D eigenvalue weighted by Gasteiger charge is 2.56. The van der Waals surface area contributed by atoms with Gasteiger partial charge in [-0.05, 0) is 62.4 Å². The van der Waals surface area contributed by atoms with Gasteiger partial charge in [0, 0.05) is 39.5 Å². The van der Waals surface area contributed by atoms with Gasteiger partial charge in [0.2, 0.25) is 23.3 Å². The van der Waals surface area contributed by atoms with E-state index in [-0.39, 0.29) is 24.4 Å². The van der Waals surface area contributed by atoms with E-state index in [1.807, 2.05) is 0 Å². The zero-order chi connectivity index (χ0) is 36.5. The lowest BCUT2D eigenvalue weighted by molar-refractivity contribution is -0.211. The minimum Gasteiger partial charge on any atom is -0.478 e. The molecule has 4 bridgehead atoms. The number of nitrogens with one attached hydrogen (secondary N) is 6. The average molecular weight is 711 g/mol. The van der Waals surface area contributed by atoms with Crippen molar-refractivity contribution in [2.45, 2.75) is 119 Å². The van der Waals surface area contributed by atoms with Crippen LogP contribution in [0.5, 0.6) is 0 Å². The summed E-state index contributed by atoms with van der Waals surface area (Å²) in [4.78, 5) is 49.4. The molecule has 50 heavy (non-hydrogen) atoms. The van der Waals surface area contributed by atoms with Gasteiger partial charge in [-0.3, -0.25) is 15.0 Å². The van der Waals surface area contributed by atoms with Crippen molar-refractivity contribution < 1.29 is 58.9 Å². The lowest BCUT2D eigenvalue weighted by Crippen LogP contribution is -2.72. The number of carboxylic acids is 2. The molecule has 6 aliphatic rings. The molecule has 6 rings (SSSR count). The highest BCUT2D eigenvalue weighted by molar-refractivity contribution is 5.88. The second-order valence-electron chi connectivity index (χ2n) is 14.6. The van der Waals surface area contributed by atoms with Gasteiger partial charge in [0.1, 0.15) is 18.3 Å². The van der Waals surface area contributed by atoms with Gasteiger partial charge < -0.3 is 66.3 Å². The number of guanidine groups is 1. The lowest BCUT2D eigenvalue weighted by atomic mass is 9.53. The first-order chi connectivity index (χ1) is 23.6. The van der Waals surface area contributed by atoms with Crippen molar-refractivity contribution in [1.82, 2.24) is 26.6 Å². The van der Waals surface area contributed by atoms with Crippen molar-refractivity contribution in [2.75, 3.05) is 20.3 Å². The molecule has 4 saturated carbocycles. The number of hydrogen-bond acceptors (Lipinski definition) is 12. The summed E-state index contributed by atoms with van der Waals surface area (Å²) < 4.78 is 17.4. The molecule has 280 valence electrons. The third kappa shape index (κ3) is 8.00. The number of carbonyl (C=O) groups is 4. The van der Waals surface area contributed by atoms with Crippen LogP contribution in [0, 0.1) is 23.2 Å². The van der Waals surface area contributed by atoms with Crippen LogP contribution in [-0.2, 0) is 33.4 Å². The van der Waals surface area contributed by atoms with E-state index in [0.717, 1.165) is 32.3 Å². The van der Waals surface area contributed by atoms with Gasteiger partial charge in [-0.25, -0.2) is 9.59 Å². The molecule has 0 radical (unpaired) electrons. The van der Waals surface area contributed by atoms with E-state index in [9.17, 15) is 44.7 Å². The first-order valence-electron chi connectivity index (χ1n) is 17.0. The molecule has 5 fully saturated rings. The fourth-order valence-corrected chi connectivity index (χ4v) is 9.17. The van der Waals surface area contributed by atoms with Crippen molar-refractivity contribution in [3.63, 3.8) is 0 Å². The Labute approximate surface area is 289 Å². The Kier molecular flexibility index (Phi) is 11.3. The van der Waals surface area contributed by atoms with E-state index >= 15 is 0 Å². The van der Waals surface area contributed by atoms with E-state index in [1.165, 1.54) is 33.3 Å². The SMILES string of the molecule is COC1CC(NC(=N)NC2C=C(C(=O)O)OC(C(O)C(O)CO)C2NC(C)=O)(C(=O)O)OC(CNC23CC4CC(CC(C4)C2)C3)C1NC(C)=O. The molecule has 11 N–H and O–H groups in total. The Morgan fingerprint density at radius 3 is 2.04 bits per heavy atom. The predicted molar refractivity (Wildman–Crippen MR) is 172 cm³/mol. The summed E-state index contributed by atoms with van der Waals surface area (Å²) >= 11 is 0. The fourth-order valence-electron chi connectivity index (χ4n) is 9.17. The van der Waals surface area contributed by atoms with Crippen molar-refractivity contribution in [3.05, 3.63) is 11.8 Å². The molecule has 1 saturated heterocycles. The zero-order valence-corrected chi connectivity index (χ0v) is 28.4. The molecule has 0 aromatic carbocycles. The molecule has 2 aliphatic heterocycles. The van der Waals surface area contributed by atoms with Crippen molar-refractivity contribution in [3.8, 4) is 0 Å². The van der Waals surface area contributed by atoms with Crippen LogP contribution < -0.4 is 26.6 Å². The molecule has 18 nitrogen and oxygen atoms in total. The molecule has 2 heterocycles. The fraction of sp³-hybridized carbons (Fsp3) is 0.781. The molecule has 0 aromatic rings. The normalized spacial score (nSPS) is 38.5. The number of amides is 2. The molecule has 9 unspecified atom stereocenters. The van der Waals surface area contributed by atoms with Crippen LogP contribution >= 0.6 is 0 Å². The third-order valence-corrected chi connectivity index (χ3v) is 10.8. The lowest BCUT2D eigenvalue weighted by Gasteiger charge is -2.57. The minimum absolute atomic E-state index is 0.118. The highest BCUT2D eigenvalue weighted by Crippen LogP contribution is 2.55. The second-order valence-corrected chi connectivity index (χ2v) is 14.6. The van der Waals surface area contributed by atoms with Crippen LogP contribution in [0.25, 0.3) is 0 Å². The standard InChI is InChI=1S/C32H50N6O12/c1-14(40)35-24-19(7-21(28(44)45)49-27(24)26(43)20(42)13-39)37-30(33)38-32(29(46)47)11-22(48-3)25(36-15(2)41)23(50-32)12-34-31-8-16-4-17(9-31)6-18(5-16)10-31/h7,16-20,22-27,34,39,42-43H,4-6,8-13H2,1-3H3,(H,35,40)(H,36,41)(H,44,45)(H,46,47)(H3,33,37,38). The van der Waals surface area contributed by atoms with E-state index in [1.54, 1.807) is 0 Å². The molecular formula is C32H50N6O12. The summed E-state index contributed by atoms with van der Waals surface area (Å²) in [5.74, 6) is -3.48. The number of aliphatic hydroxyl groups excluding tert-OH is 3. The van der Waals surface area contributed by atoms with Gasteiger partial charge >= 0.3 is 11.9 Å². The van der Waals surface area contributed by atoms with Gasteiger partial charge in [0.05, 0.1) is 36.9 Å². The topological polar surface area (TPSA) is 281 Å². The molecule has 0 aromatic heterocycles. The largest absolute Gasteiger partial charge is 0.478 e. The van der Waals surface area contributed by atoms with Gasteiger partial charge in [0.15, 0.2) is 5.96 Å². The van der Waals surface area contributed by atoms with Crippen LogP contribution in [0.4, 0.5) is 0 Å². The Morgan fingerprint density at radius 2 is 1.54 bits per heavy atom. The number of aliphatic hydroxyl groups is 3. The number of aliphatic carboxylic acids is 2. The average Bonchev–Trinajstić information content (AvgIpc) is 3.03. The van der Waals surface area contributed by atoms with Gasteiger partial charge in [-0.15, -0.1) is 0 Å². The molecule has 2 amide bonds. The first-order valence-corrected chi connectivity index (χ1v) is 17.0. The Hall–Kier alpha value is -3.55.